The van der Waals surface area contributed by atoms with E-state index < -0.39 is 5.97 Å². The van der Waals surface area contributed by atoms with Crippen LogP contribution in [-0.2, 0) is 19.1 Å². The van der Waals surface area contributed by atoms with E-state index in [1.54, 1.807) is 6.92 Å². The number of rotatable bonds is 6. The van der Waals surface area contributed by atoms with E-state index in [4.69, 9.17) is 9.47 Å². The maximum atomic E-state index is 11.3. The van der Waals surface area contributed by atoms with Gasteiger partial charge in [-0.05, 0) is 31.9 Å². The summed E-state index contributed by atoms with van der Waals surface area (Å²) >= 11 is 0. The summed E-state index contributed by atoms with van der Waals surface area (Å²) in [7, 11) is 0. The molecule has 0 spiro atoms. The fourth-order valence-electron chi connectivity index (χ4n) is 1.45. The summed E-state index contributed by atoms with van der Waals surface area (Å²) in [6, 6.07) is 9.22. The molecule has 4 heteroatoms. The lowest BCUT2D eigenvalue weighted by atomic mass is 10.2. The number of unbranched alkanes of at least 4 members (excludes halogenated alkanes) is 1. The van der Waals surface area contributed by atoms with Gasteiger partial charge in [-0.3, -0.25) is 4.79 Å². The Labute approximate surface area is 119 Å². The SMILES string of the molecule is CCOC(=O)CCCCOC(=O)C#Cc1ccccc1. The second-order valence-electron chi connectivity index (χ2n) is 4.01. The van der Waals surface area contributed by atoms with E-state index in [2.05, 4.69) is 11.8 Å². The van der Waals surface area contributed by atoms with Crippen LogP contribution >= 0.6 is 0 Å². The zero-order valence-electron chi connectivity index (χ0n) is 11.6. The molecule has 106 valence electrons. The standard InChI is InChI=1S/C16H18O4/c1-2-19-15(17)10-6-7-13-20-16(18)12-11-14-8-4-3-5-9-14/h3-5,8-9H,2,6-7,10,13H2,1H3. The normalized spacial score (nSPS) is 9.25. The first-order chi connectivity index (χ1) is 9.72. The lowest BCUT2D eigenvalue weighted by molar-refractivity contribution is -0.143. The molecule has 1 aromatic carbocycles. The Bertz CT molecular complexity index is 482. The summed E-state index contributed by atoms with van der Waals surface area (Å²) in [5.41, 5.74) is 0.770. The number of carbonyl (C=O) groups is 2. The van der Waals surface area contributed by atoms with Crippen molar-refractivity contribution in [2.45, 2.75) is 26.2 Å². The number of hydrogen-bond acceptors (Lipinski definition) is 4. The zero-order chi connectivity index (χ0) is 14.6. The Morgan fingerprint density at radius 1 is 1.10 bits per heavy atom. The van der Waals surface area contributed by atoms with E-state index >= 15 is 0 Å². The van der Waals surface area contributed by atoms with Crippen molar-refractivity contribution in [2.24, 2.45) is 0 Å². The van der Waals surface area contributed by atoms with Crippen LogP contribution in [0, 0.1) is 11.8 Å². The topological polar surface area (TPSA) is 52.6 Å². The van der Waals surface area contributed by atoms with E-state index in [0.717, 1.165) is 5.56 Å². The molecular weight excluding hydrogens is 256 g/mol. The Balaban J connectivity index is 2.15. The Morgan fingerprint density at radius 2 is 1.85 bits per heavy atom. The Kier molecular flexibility index (Phi) is 7.59. The third-order valence-electron chi connectivity index (χ3n) is 2.40. The molecule has 0 amide bonds. The highest BCUT2D eigenvalue weighted by Gasteiger charge is 2.02. The number of benzene rings is 1. The van der Waals surface area contributed by atoms with Gasteiger partial charge in [0.1, 0.15) is 0 Å². The van der Waals surface area contributed by atoms with E-state index in [0.29, 0.717) is 25.9 Å². The van der Waals surface area contributed by atoms with E-state index in [1.807, 2.05) is 30.3 Å². The highest BCUT2D eigenvalue weighted by Crippen LogP contribution is 1.99. The smallest absolute Gasteiger partial charge is 0.384 e. The van der Waals surface area contributed by atoms with Crippen LogP contribution in [0.1, 0.15) is 31.7 Å². The number of esters is 2. The minimum atomic E-state index is -0.551. The molecule has 0 radical (unpaired) electrons. The first-order valence-corrected chi connectivity index (χ1v) is 6.62. The largest absolute Gasteiger partial charge is 0.466 e. The quantitative estimate of drug-likeness (QED) is 0.454. The van der Waals surface area contributed by atoms with Crippen molar-refractivity contribution in [1.29, 1.82) is 0 Å². The van der Waals surface area contributed by atoms with Gasteiger partial charge < -0.3 is 9.47 Å². The molecule has 0 unspecified atom stereocenters. The molecular formula is C16H18O4. The average molecular weight is 274 g/mol. The van der Waals surface area contributed by atoms with Crippen LogP contribution in [0.4, 0.5) is 0 Å². The molecule has 0 aliphatic carbocycles. The highest BCUT2D eigenvalue weighted by atomic mass is 16.5. The zero-order valence-corrected chi connectivity index (χ0v) is 11.6. The molecule has 0 aromatic heterocycles. The van der Waals surface area contributed by atoms with Gasteiger partial charge in [0.2, 0.25) is 0 Å². The first-order valence-electron chi connectivity index (χ1n) is 6.62. The summed E-state index contributed by atoms with van der Waals surface area (Å²) in [5.74, 6) is 4.37. The van der Waals surface area contributed by atoms with Gasteiger partial charge in [0.05, 0.1) is 13.2 Å². The lowest BCUT2D eigenvalue weighted by Gasteiger charge is -2.01. The van der Waals surface area contributed by atoms with Crippen LogP contribution < -0.4 is 0 Å². The summed E-state index contributed by atoms with van der Waals surface area (Å²) in [6.45, 7) is 2.43. The van der Waals surface area contributed by atoms with Crippen molar-refractivity contribution < 1.29 is 19.1 Å². The summed E-state index contributed by atoms with van der Waals surface area (Å²) in [4.78, 5) is 22.4. The molecule has 1 aromatic rings. The van der Waals surface area contributed by atoms with E-state index in [9.17, 15) is 9.59 Å². The van der Waals surface area contributed by atoms with Crippen LogP contribution in [0.3, 0.4) is 0 Å². The second-order valence-corrected chi connectivity index (χ2v) is 4.01. The van der Waals surface area contributed by atoms with Crippen molar-refractivity contribution >= 4 is 11.9 Å². The molecule has 0 aliphatic heterocycles. The Morgan fingerprint density at radius 3 is 2.55 bits per heavy atom. The molecule has 0 bridgehead atoms. The van der Waals surface area contributed by atoms with Gasteiger partial charge in [-0.25, -0.2) is 4.79 Å². The van der Waals surface area contributed by atoms with E-state index in [1.165, 1.54) is 0 Å². The molecule has 0 atom stereocenters. The fraction of sp³-hybridized carbons (Fsp3) is 0.375. The van der Waals surface area contributed by atoms with Crippen LogP contribution in [0.2, 0.25) is 0 Å². The van der Waals surface area contributed by atoms with Gasteiger partial charge in [0.25, 0.3) is 0 Å². The summed E-state index contributed by atoms with van der Waals surface area (Å²) in [5, 5.41) is 0. The molecule has 0 aliphatic rings. The van der Waals surface area contributed by atoms with Crippen LogP contribution in [0.5, 0.6) is 0 Å². The maximum Gasteiger partial charge on any atom is 0.384 e. The molecule has 0 N–H and O–H groups in total. The van der Waals surface area contributed by atoms with Crippen molar-refractivity contribution in [1.82, 2.24) is 0 Å². The highest BCUT2D eigenvalue weighted by molar-refractivity contribution is 5.89. The average Bonchev–Trinajstić information content (AvgIpc) is 2.46. The molecule has 4 nitrogen and oxygen atoms in total. The van der Waals surface area contributed by atoms with Crippen molar-refractivity contribution in [3.05, 3.63) is 35.9 Å². The van der Waals surface area contributed by atoms with Crippen molar-refractivity contribution in [3.8, 4) is 11.8 Å². The minimum Gasteiger partial charge on any atom is -0.466 e. The number of carbonyl (C=O) groups excluding carboxylic acids is 2. The van der Waals surface area contributed by atoms with Crippen LogP contribution in [0.15, 0.2) is 30.3 Å². The molecule has 1 rings (SSSR count). The fourth-order valence-corrected chi connectivity index (χ4v) is 1.45. The third kappa shape index (κ3) is 7.22. The summed E-state index contributed by atoms with van der Waals surface area (Å²) in [6.07, 6.45) is 1.61. The predicted octanol–water partition coefficient (Wildman–Crippen LogP) is 2.31. The Hall–Kier alpha value is -2.28. The number of ether oxygens (including phenoxy) is 2. The predicted molar refractivity (Wildman–Crippen MR) is 74.8 cm³/mol. The summed E-state index contributed by atoms with van der Waals surface area (Å²) < 4.78 is 9.73. The van der Waals surface area contributed by atoms with Crippen LogP contribution in [0.25, 0.3) is 0 Å². The number of hydrogen-bond donors (Lipinski definition) is 0. The second kappa shape index (κ2) is 9.62. The monoisotopic (exact) mass is 274 g/mol. The van der Waals surface area contributed by atoms with Crippen LogP contribution in [-0.4, -0.2) is 25.2 Å². The molecule has 0 saturated carbocycles. The molecule has 0 heterocycles. The molecule has 0 fully saturated rings. The molecule has 0 saturated heterocycles. The van der Waals surface area contributed by atoms with Gasteiger partial charge in [0, 0.05) is 17.9 Å². The maximum absolute atomic E-state index is 11.3. The van der Waals surface area contributed by atoms with Gasteiger partial charge in [0.15, 0.2) is 0 Å². The first kappa shape index (κ1) is 15.8. The minimum absolute atomic E-state index is 0.220. The van der Waals surface area contributed by atoms with E-state index in [-0.39, 0.29) is 12.6 Å². The lowest BCUT2D eigenvalue weighted by Crippen LogP contribution is -2.06. The van der Waals surface area contributed by atoms with Gasteiger partial charge in [-0.15, -0.1) is 0 Å². The van der Waals surface area contributed by atoms with Gasteiger partial charge in [-0.1, -0.05) is 24.1 Å². The van der Waals surface area contributed by atoms with Crippen molar-refractivity contribution in [2.75, 3.05) is 13.2 Å². The third-order valence-corrected chi connectivity index (χ3v) is 2.40. The van der Waals surface area contributed by atoms with Crippen molar-refractivity contribution in [3.63, 3.8) is 0 Å². The van der Waals surface area contributed by atoms with Gasteiger partial charge in [-0.2, -0.15) is 0 Å². The van der Waals surface area contributed by atoms with Gasteiger partial charge >= 0.3 is 11.9 Å². The molecule has 20 heavy (non-hydrogen) atoms.